The van der Waals surface area contributed by atoms with E-state index in [0.717, 1.165) is 31.4 Å². The number of fused-ring (bicyclic) bond motifs is 2. The van der Waals surface area contributed by atoms with Crippen LogP contribution < -0.4 is 11.1 Å². The summed E-state index contributed by atoms with van der Waals surface area (Å²) in [7, 11) is -3.53. The summed E-state index contributed by atoms with van der Waals surface area (Å²) < 4.78 is 35.5. The van der Waals surface area contributed by atoms with Crippen molar-refractivity contribution in [3.05, 3.63) is 17.5 Å². The van der Waals surface area contributed by atoms with Crippen molar-refractivity contribution in [3.8, 4) is 0 Å². The van der Waals surface area contributed by atoms with E-state index >= 15 is 0 Å². The maximum absolute atomic E-state index is 13.4. The van der Waals surface area contributed by atoms with Crippen LogP contribution in [0.4, 0.5) is 0 Å². The molecule has 3 saturated heterocycles. The molecule has 0 aromatic carbocycles. The van der Waals surface area contributed by atoms with Gasteiger partial charge in [0.05, 0.1) is 0 Å². The van der Waals surface area contributed by atoms with Gasteiger partial charge in [-0.05, 0) is 58.3 Å². The first-order chi connectivity index (χ1) is 14.3. The number of carbonyl (C=O) groups is 1. The van der Waals surface area contributed by atoms with E-state index in [-0.39, 0.29) is 36.1 Å². The molecule has 1 aromatic heterocycles. The Kier molecular flexibility index (Phi) is 5.16. The highest BCUT2D eigenvalue weighted by molar-refractivity contribution is 7.86. The van der Waals surface area contributed by atoms with Crippen LogP contribution in [0.25, 0.3) is 0 Å². The van der Waals surface area contributed by atoms with Gasteiger partial charge in [-0.1, -0.05) is 5.16 Å². The van der Waals surface area contributed by atoms with E-state index in [4.69, 9.17) is 10.3 Å². The van der Waals surface area contributed by atoms with Gasteiger partial charge in [-0.2, -0.15) is 17.0 Å². The molecule has 4 heterocycles. The highest BCUT2D eigenvalue weighted by Crippen LogP contribution is 2.41. The number of piperidine rings is 2. The fourth-order valence-corrected chi connectivity index (χ4v) is 7.75. The minimum Gasteiger partial charge on any atom is -0.360 e. The van der Waals surface area contributed by atoms with Gasteiger partial charge in [0.25, 0.3) is 16.1 Å². The van der Waals surface area contributed by atoms with Crippen molar-refractivity contribution >= 4 is 16.1 Å². The Morgan fingerprint density at radius 2 is 1.87 bits per heavy atom. The van der Waals surface area contributed by atoms with Gasteiger partial charge in [-0.3, -0.25) is 4.79 Å². The molecule has 4 fully saturated rings. The third-order valence-corrected chi connectivity index (χ3v) is 9.42. The number of amides is 1. The van der Waals surface area contributed by atoms with E-state index in [0.29, 0.717) is 43.8 Å². The van der Waals surface area contributed by atoms with Crippen LogP contribution >= 0.6 is 0 Å². The minimum atomic E-state index is -3.53. The van der Waals surface area contributed by atoms with Crippen LogP contribution in [-0.4, -0.2) is 64.8 Å². The van der Waals surface area contributed by atoms with Gasteiger partial charge < -0.3 is 15.6 Å². The van der Waals surface area contributed by atoms with Gasteiger partial charge in [-0.25, -0.2) is 0 Å². The Labute approximate surface area is 177 Å². The van der Waals surface area contributed by atoms with E-state index in [1.807, 2.05) is 6.92 Å². The highest BCUT2D eigenvalue weighted by atomic mass is 32.2. The number of nitrogens with zero attached hydrogens (tertiary/aromatic N) is 3. The molecule has 2 bridgehead atoms. The van der Waals surface area contributed by atoms with Crippen molar-refractivity contribution < 1.29 is 17.7 Å². The molecule has 1 aromatic rings. The van der Waals surface area contributed by atoms with E-state index in [1.54, 1.807) is 14.7 Å². The van der Waals surface area contributed by atoms with Gasteiger partial charge in [0.2, 0.25) is 0 Å². The molecule has 3 aliphatic heterocycles. The van der Waals surface area contributed by atoms with Gasteiger partial charge >= 0.3 is 0 Å². The third-order valence-electron chi connectivity index (χ3n) is 7.16. The first kappa shape index (κ1) is 20.4. The predicted molar refractivity (Wildman–Crippen MR) is 110 cm³/mol. The van der Waals surface area contributed by atoms with E-state index in [9.17, 15) is 13.2 Å². The molecule has 1 aliphatic carbocycles. The second-order valence-electron chi connectivity index (χ2n) is 9.50. The summed E-state index contributed by atoms with van der Waals surface area (Å²) in [5, 5.41) is 6.98. The zero-order valence-electron chi connectivity index (χ0n) is 17.4. The van der Waals surface area contributed by atoms with Crippen molar-refractivity contribution in [1.82, 2.24) is 19.1 Å². The lowest BCUT2D eigenvalue weighted by Gasteiger charge is -2.43. The molecule has 30 heavy (non-hydrogen) atoms. The average Bonchev–Trinajstić information content (AvgIpc) is 3.33. The molecule has 10 heteroatoms. The van der Waals surface area contributed by atoms with Crippen LogP contribution in [0.3, 0.4) is 0 Å². The quantitative estimate of drug-likeness (QED) is 0.717. The molecule has 166 valence electrons. The van der Waals surface area contributed by atoms with Crippen molar-refractivity contribution in [3.63, 3.8) is 0 Å². The summed E-state index contributed by atoms with van der Waals surface area (Å²) >= 11 is 0. The predicted octanol–water partition coefficient (Wildman–Crippen LogP) is 1.33. The molecule has 3 N–H and O–H groups in total. The topological polar surface area (TPSA) is 122 Å². The summed E-state index contributed by atoms with van der Waals surface area (Å²) in [6.07, 6.45) is 6.53. The summed E-state index contributed by atoms with van der Waals surface area (Å²) in [5.74, 6) is 0.969. The van der Waals surface area contributed by atoms with Crippen LogP contribution in [-0.2, 0) is 10.2 Å². The number of carbonyl (C=O) groups excluding carboxylic acids is 1. The van der Waals surface area contributed by atoms with Gasteiger partial charge in [-0.15, -0.1) is 0 Å². The Morgan fingerprint density at radius 3 is 2.50 bits per heavy atom. The summed E-state index contributed by atoms with van der Waals surface area (Å²) in [6, 6.07) is 1.55. The van der Waals surface area contributed by atoms with Crippen LogP contribution in [0, 0.1) is 0 Å². The number of nitrogens with one attached hydrogen (secondary N) is 1. The fourth-order valence-electron chi connectivity index (χ4n) is 5.50. The van der Waals surface area contributed by atoms with Crippen molar-refractivity contribution in [2.45, 2.75) is 94.4 Å². The molecular formula is C20H31N5O4S. The normalized spacial score (nSPS) is 35.5. The van der Waals surface area contributed by atoms with Crippen LogP contribution in [0.2, 0.25) is 0 Å². The molecule has 3 unspecified atom stereocenters. The molecule has 5 atom stereocenters. The lowest BCUT2D eigenvalue weighted by molar-refractivity contribution is 0.0896. The number of aromatic nitrogens is 1. The lowest BCUT2D eigenvalue weighted by atomic mass is 9.99. The first-order valence-corrected chi connectivity index (χ1v) is 12.6. The standard InChI is InChI=1S/C20H31N5O4S/c1-12-8-14(21)6-7-24(12)30(27,28)25-16-4-5-17(25)10-15(9-16)22-20(26)18-11-19(29-23-18)13-2-3-13/h11-17H,2-10,21H2,1H3,(H,22,26)/t12?,14?,15?,16-,17+. The monoisotopic (exact) mass is 437 g/mol. The van der Waals surface area contributed by atoms with Gasteiger partial charge in [0.15, 0.2) is 5.69 Å². The van der Waals surface area contributed by atoms with Crippen LogP contribution in [0.5, 0.6) is 0 Å². The molecule has 0 spiro atoms. The molecule has 1 amide bonds. The van der Waals surface area contributed by atoms with E-state index in [2.05, 4.69) is 10.5 Å². The largest absolute Gasteiger partial charge is 0.360 e. The van der Waals surface area contributed by atoms with E-state index in [1.165, 1.54) is 0 Å². The second kappa shape index (κ2) is 7.58. The van der Waals surface area contributed by atoms with Crippen molar-refractivity contribution in [1.29, 1.82) is 0 Å². The Balaban J connectivity index is 1.24. The third kappa shape index (κ3) is 3.68. The molecular weight excluding hydrogens is 406 g/mol. The summed E-state index contributed by atoms with van der Waals surface area (Å²) in [5.41, 5.74) is 6.34. The molecule has 9 nitrogen and oxygen atoms in total. The second-order valence-corrected chi connectivity index (χ2v) is 11.3. The smallest absolute Gasteiger partial charge is 0.282 e. The average molecular weight is 438 g/mol. The van der Waals surface area contributed by atoms with Gasteiger partial charge in [0.1, 0.15) is 5.76 Å². The Hall–Kier alpha value is -1.49. The molecule has 5 rings (SSSR count). The first-order valence-electron chi connectivity index (χ1n) is 11.2. The van der Waals surface area contributed by atoms with Crippen LogP contribution in [0.1, 0.15) is 80.5 Å². The highest BCUT2D eigenvalue weighted by Gasteiger charge is 2.50. The number of rotatable bonds is 5. The summed E-state index contributed by atoms with van der Waals surface area (Å²) in [4.78, 5) is 12.6. The number of hydrogen-bond donors (Lipinski definition) is 2. The summed E-state index contributed by atoms with van der Waals surface area (Å²) in [6.45, 7) is 2.43. The SMILES string of the molecule is CC1CC(N)CCN1S(=O)(=O)N1[C@@H]2CC[C@H]1CC(NC(=O)c1cc(C3CC3)on1)C2. The Morgan fingerprint density at radius 1 is 1.17 bits per heavy atom. The zero-order chi connectivity index (χ0) is 21.0. The number of hydrogen-bond acceptors (Lipinski definition) is 6. The maximum atomic E-state index is 13.4. The molecule has 4 aliphatic rings. The van der Waals surface area contributed by atoms with Crippen molar-refractivity contribution in [2.75, 3.05) is 6.54 Å². The van der Waals surface area contributed by atoms with Crippen molar-refractivity contribution in [2.24, 2.45) is 5.73 Å². The lowest BCUT2D eigenvalue weighted by Crippen LogP contribution is -2.59. The molecule has 1 saturated carbocycles. The Bertz CT molecular complexity index is 900. The fraction of sp³-hybridized carbons (Fsp3) is 0.800. The number of nitrogens with two attached hydrogens (primary N) is 1. The van der Waals surface area contributed by atoms with Gasteiger partial charge in [0, 0.05) is 48.7 Å². The van der Waals surface area contributed by atoms with Crippen LogP contribution in [0.15, 0.2) is 10.6 Å². The molecule has 0 radical (unpaired) electrons. The van der Waals surface area contributed by atoms with E-state index < -0.39 is 10.2 Å². The maximum Gasteiger partial charge on any atom is 0.282 e. The minimum absolute atomic E-state index is 0.0465. The zero-order valence-corrected chi connectivity index (χ0v) is 18.2.